The molecule has 0 aromatic carbocycles. The third-order valence-electron chi connectivity index (χ3n) is 9.19. The first-order chi connectivity index (χ1) is 25.5. The second kappa shape index (κ2) is 36.1. The Bertz CT molecular complexity index is 964. The molecule has 0 fully saturated rings. The van der Waals surface area contributed by atoms with Crippen molar-refractivity contribution >= 4 is 19.8 Å². The highest BCUT2D eigenvalue weighted by Gasteiger charge is 2.21. The molecule has 0 spiro atoms. The third kappa shape index (κ3) is 40.0. The lowest BCUT2D eigenvalue weighted by Gasteiger charge is -2.28. The first-order valence-corrected chi connectivity index (χ1v) is 23.0. The molecule has 0 rings (SSSR count). The Morgan fingerprint density at radius 2 is 0.962 bits per heavy atom. The number of phosphoric ester groups is 1. The van der Waals surface area contributed by atoms with Gasteiger partial charge in [-0.2, -0.15) is 0 Å². The van der Waals surface area contributed by atoms with E-state index in [0.717, 1.165) is 70.6 Å². The summed E-state index contributed by atoms with van der Waals surface area (Å²) in [7, 11) is 1.16. The summed E-state index contributed by atoms with van der Waals surface area (Å²) >= 11 is 0. The fourth-order valence-corrected chi connectivity index (χ4v) is 6.49. The zero-order chi connectivity index (χ0) is 39.3. The number of ether oxygens (including phenoxy) is 2. The summed E-state index contributed by atoms with van der Waals surface area (Å²) in [6, 6.07) is 0. The van der Waals surface area contributed by atoms with E-state index in [4.69, 9.17) is 18.5 Å². The third-order valence-corrected chi connectivity index (χ3v) is 10.2. The number of unbranched alkanes of at least 4 members (excludes halogenated alkanes) is 21. The lowest BCUT2D eigenvalue weighted by molar-refractivity contribution is -0.870. The smallest absolute Gasteiger partial charge is 0.306 e. The first-order valence-electron chi connectivity index (χ1n) is 21.5. The first kappa shape index (κ1) is 51.5. The van der Waals surface area contributed by atoms with Crippen LogP contribution < -0.4 is 4.89 Å². The number of rotatable bonds is 39. The van der Waals surface area contributed by atoms with E-state index in [1.807, 2.05) is 21.1 Å². The maximum atomic E-state index is 12.6. The molecule has 0 aliphatic heterocycles. The number of quaternary nitrogens is 1. The van der Waals surface area contributed by atoms with E-state index in [-0.39, 0.29) is 26.1 Å². The highest BCUT2D eigenvalue weighted by Crippen LogP contribution is 2.38. The fraction of sp³-hybridized carbons (Fsp3) is 0.860. The summed E-state index contributed by atoms with van der Waals surface area (Å²) in [5, 5.41) is 0. The second-order valence-electron chi connectivity index (χ2n) is 15.7. The highest BCUT2D eigenvalue weighted by atomic mass is 31.2. The van der Waals surface area contributed by atoms with E-state index in [1.54, 1.807) is 0 Å². The van der Waals surface area contributed by atoms with Gasteiger partial charge >= 0.3 is 11.9 Å². The predicted octanol–water partition coefficient (Wildman–Crippen LogP) is 11.3. The van der Waals surface area contributed by atoms with Gasteiger partial charge in [0.15, 0.2) is 6.10 Å². The molecule has 0 N–H and O–H groups in total. The monoisotopic (exact) mass is 772 g/mol. The zero-order valence-corrected chi connectivity index (χ0v) is 35.9. The molecule has 2 atom stereocenters. The number of carbonyl (C=O) groups excluding carboxylic acids is 2. The Labute approximate surface area is 326 Å². The molecule has 1 unspecified atom stereocenters. The van der Waals surface area contributed by atoms with Crippen molar-refractivity contribution in [2.24, 2.45) is 0 Å². The van der Waals surface area contributed by atoms with Crippen LogP contribution in [0.5, 0.6) is 0 Å². The van der Waals surface area contributed by atoms with Crippen molar-refractivity contribution in [3.8, 4) is 0 Å². The maximum absolute atomic E-state index is 12.6. The van der Waals surface area contributed by atoms with Gasteiger partial charge in [0.1, 0.15) is 19.8 Å². The second-order valence-corrected chi connectivity index (χ2v) is 17.1. The number of allylic oxidation sites excluding steroid dienone is 4. The average Bonchev–Trinajstić information content (AvgIpc) is 3.10. The minimum absolute atomic E-state index is 0.0327. The van der Waals surface area contributed by atoms with Crippen LogP contribution in [0.4, 0.5) is 0 Å². The molecule has 0 radical (unpaired) electrons. The van der Waals surface area contributed by atoms with Crippen LogP contribution in [0.1, 0.15) is 187 Å². The van der Waals surface area contributed by atoms with Crippen molar-refractivity contribution in [1.29, 1.82) is 0 Å². The van der Waals surface area contributed by atoms with Crippen LogP contribution in [0.2, 0.25) is 0 Å². The molecule has 53 heavy (non-hydrogen) atoms. The van der Waals surface area contributed by atoms with E-state index in [2.05, 4.69) is 38.2 Å². The van der Waals surface area contributed by atoms with Crippen LogP contribution >= 0.6 is 7.82 Å². The Morgan fingerprint density at radius 1 is 0.566 bits per heavy atom. The summed E-state index contributed by atoms with van der Waals surface area (Å²) in [5.41, 5.74) is 0. The molecule has 0 saturated carbocycles. The summed E-state index contributed by atoms with van der Waals surface area (Å²) < 4.78 is 33.8. The number of hydrogen-bond donors (Lipinski definition) is 0. The number of carbonyl (C=O) groups is 2. The molecule has 10 heteroatoms. The summed E-state index contributed by atoms with van der Waals surface area (Å²) in [5.74, 6) is -0.851. The van der Waals surface area contributed by atoms with Crippen molar-refractivity contribution in [3.05, 3.63) is 24.3 Å². The van der Waals surface area contributed by atoms with Gasteiger partial charge in [-0.05, 0) is 64.2 Å². The normalized spacial score (nSPS) is 13.8. The Balaban J connectivity index is 4.39. The van der Waals surface area contributed by atoms with Gasteiger partial charge in [-0.1, -0.05) is 134 Å². The van der Waals surface area contributed by atoms with Crippen molar-refractivity contribution < 1.29 is 42.1 Å². The van der Waals surface area contributed by atoms with Gasteiger partial charge in [0.05, 0.1) is 27.7 Å². The van der Waals surface area contributed by atoms with Crippen LogP contribution in [0.3, 0.4) is 0 Å². The summed E-state index contributed by atoms with van der Waals surface area (Å²) in [6.07, 6.45) is 37.7. The molecular weight excluding hydrogens is 689 g/mol. The van der Waals surface area contributed by atoms with Crippen LogP contribution in [-0.4, -0.2) is 70.0 Å². The van der Waals surface area contributed by atoms with Gasteiger partial charge in [0.25, 0.3) is 7.82 Å². The van der Waals surface area contributed by atoms with Gasteiger partial charge in [-0.3, -0.25) is 14.2 Å². The molecule has 312 valence electrons. The van der Waals surface area contributed by atoms with Gasteiger partial charge in [-0.15, -0.1) is 0 Å². The molecule has 0 heterocycles. The topological polar surface area (TPSA) is 111 Å². The van der Waals surface area contributed by atoms with Gasteiger partial charge < -0.3 is 27.9 Å². The van der Waals surface area contributed by atoms with Crippen LogP contribution in [0.25, 0.3) is 0 Å². The van der Waals surface area contributed by atoms with Gasteiger partial charge in [0, 0.05) is 12.8 Å². The largest absolute Gasteiger partial charge is 0.756 e. The predicted molar refractivity (Wildman–Crippen MR) is 218 cm³/mol. The number of esters is 2. The molecule has 0 saturated heterocycles. The van der Waals surface area contributed by atoms with Crippen molar-refractivity contribution in [3.63, 3.8) is 0 Å². The lowest BCUT2D eigenvalue weighted by Crippen LogP contribution is -2.37. The van der Waals surface area contributed by atoms with E-state index in [9.17, 15) is 19.0 Å². The number of hydrogen-bond acceptors (Lipinski definition) is 8. The van der Waals surface area contributed by atoms with E-state index in [1.165, 1.54) is 83.5 Å². The van der Waals surface area contributed by atoms with Crippen LogP contribution in [0.15, 0.2) is 24.3 Å². The minimum Gasteiger partial charge on any atom is -0.756 e. The number of nitrogens with zero attached hydrogens (tertiary/aromatic N) is 1. The maximum Gasteiger partial charge on any atom is 0.306 e. The molecule has 0 amide bonds. The molecule has 0 bridgehead atoms. The SMILES string of the molecule is CCCCCCC/C=C\CCCCCCCC(=O)O[C@H](COC(=O)CCCCCCC/C=C\CCCCCCCC)COP(=O)([O-])OCC[N+](C)(C)C. The lowest BCUT2D eigenvalue weighted by atomic mass is 10.1. The van der Waals surface area contributed by atoms with E-state index >= 15 is 0 Å². The zero-order valence-electron chi connectivity index (χ0n) is 35.0. The van der Waals surface area contributed by atoms with Gasteiger partial charge in [-0.25, -0.2) is 0 Å². The average molecular weight is 772 g/mol. The molecule has 0 aliphatic rings. The Morgan fingerprint density at radius 3 is 1.40 bits per heavy atom. The molecule has 0 aromatic heterocycles. The Hall–Kier alpha value is -1.51. The highest BCUT2D eigenvalue weighted by molar-refractivity contribution is 7.45. The molecule has 0 aromatic rings. The summed E-state index contributed by atoms with van der Waals surface area (Å²) in [4.78, 5) is 37.5. The minimum atomic E-state index is -4.62. The van der Waals surface area contributed by atoms with Crippen molar-refractivity contribution in [1.82, 2.24) is 0 Å². The summed E-state index contributed by atoms with van der Waals surface area (Å²) in [6.45, 7) is 4.19. The van der Waals surface area contributed by atoms with E-state index in [0.29, 0.717) is 17.4 Å². The number of likely N-dealkylation sites (N-methyl/N-ethyl adjacent to an activating group) is 1. The van der Waals surface area contributed by atoms with Crippen LogP contribution in [0, 0.1) is 0 Å². The quantitative estimate of drug-likeness (QED) is 0.0200. The van der Waals surface area contributed by atoms with Gasteiger partial charge in [0.2, 0.25) is 0 Å². The molecule has 9 nitrogen and oxygen atoms in total. The van der Waals surface area contributed by atoms with Crippen molar-refractivity contribution in [2.45, 2.75) is 193 Å². The Kier molecular flexibility index (Phi) is 35.1. The number of phosphoric acid groups is 1. The molecule has 0 aliphatic carbocycles. The van der Waals surface area contributed by atoms with Crippen LogP contribution in [-0.2, 0) is 32.7 Å². The van der Waals surface area contributed by atoms with E-state index < -0.39 is 32.5 Å². The fourth-order valence-electron chi connectivity index (χ4n) is 5.76. The standard InChI is InChI=1S/C43H82NO8P/c1-6-8-10-12-14-16-18-20-22-24-25-27-29-31-33-35-42(45)49-39-41(40-51-53(47,48)50-38-37-44(3,4)5)52-43(46)36-34-32-30-28-26-23-21-19-17-15-13-11-9-7-2/h19-22,41H,6-18,23-40H2,1-5H3/b21-19-,22-20-/t41-/m1/s1. The molecular formula is C43H82NO8P. The van der Waals surface area contributed by atoms with Crippen molar-refractivity contribution in [2.75, 3.05) is 47.5 Å².